The monoisotopic (exact) mass is 287 g/mol. The molecule has 1 fully saturated rings. The van der Waals surface area contributed by atoms with Crippen LogP contribution in [0.2, 0.25) is 0 Å². The van der Waals surface area contributed by atoms with Gasteiger partial charge in [0.2, 0.25) is 0 Å². The van der Waals surface area contributed by atoms with Gasteiger partial charge in [0.25, 0.3) is 0 Å². The summed E-state index contributed by atoms with van der Waals surface area (Å²) in [4.78, 5) is 14.2. The first kappa shape index (κ1) is 14.4. The van der Waals surface area contributed by atoms with E-state index in [1.54, 1.807) is 0 Å². The van der Waals surface area contributed by atoms with E-state index >= 15 is 0 Å². The van der Waals surface area contributed by atoms with E-state index in [9.17, 15) is 4.79 Å². The largest absolute Gasteiger partial charge is 0.491 e. The molecule has 2 aliphatic rings. The molecule has 0 bridgehead atoms. The first-order valence-electron chi connectivity index (χ1n) is 8.16. The number of rotatable bonds is 3. The minimum Gasteiger partial charge on any atom is -0.491 e. The summed E-state index contributed by atoms with van der Waals surface area (Å²) in [6.07, 6.45) is 6.73. The number of carbonyl (C=O) groups excluding carboxylic acids is 1. The Morgan fingerprint density at radius 3 is 3.05 bits per heavy atom. The van der Waals surface area contributed by atoms with Crippen LogP contribution in [0.25, 0.3) is 0 Å². The zero-order valence-electron chi connectivity index (χ0n) is 12.9. The zero-order valence-corrected chi connectivity index (χ0v) is 12.9. The summed E-state index contributed by atoms with van der Waals surface area (Å²) in [6.45, 7) is 4.84. The molecule has 0 aromatic heterocycles. The third-order valence-electron chi connectivity index (χ3n) is 4.92. The number of carbonyl (C=O) groups is 1. The van der Waals surface area contributed by atoms with Gasteiger partial charge in [-0.25, -0.2) is 0 Å². The third kappa shape index (κ3) is 3.07. The Morgan fingerprint density at radius 1 is 1.38 bits per heavy atom. The van der Waals surface area contributed by atoms with E-state index in [0.717, 1.165) is 50.4 Å². The summed E-state index contributed by atoms with van der Waals surface area (Å²) < 4.78 is 5.83. The molecule has 0 saturated heterocycles. The standard InChI is InChI=1S/C18H25NO2/c1-15-6-4-9-18(12-15,14-20)13-19-10-5-11-21-17-8-3-2-7-16(17)19/h2-3,7-8,14-15H,4-6,9-13H2,1H3. The number of ether oxygens (including phenoxy) is 1. The van der Waals surface area contributed by atoms with Crippen LogP contribution < -0.4 is 9.64 Å². The van der Waals surface area contributed by atoms with Crippen molar-refractivity contribution in [2.24, 2.45) is 11.3 Å². The van der Waals surface area contributed by atoms with Crippen molar-refractivity contribution in [1.82, 2.24) is 0 Å². The van der Waals surface area contributed by atoms with Crippen LogP contribution in [0, 0.1) is 11.3 Å². The average Bonchev–Trinajstić information content (AvgIpc) is 2.70. The van der Waals surface area contributed by atoms with Crippen LogP contribution in [0.4, 0.5) is 5.69 Å². The number of para-hydroxylation sites is 2. The van der Waals surface area contributed by atoms with Gasteiger partial charge in [0.05, 0.1) is 12.3 Å². The summed E-state index contributed by atoms with van der Waals surface area (Å²) in [5, 5.41) is 0. The van der Waals surface area contributed by atoms with Gasteiger partial charge in [-0.15, -0.1) is 0 Å². The Labute approximate surface area is 127 Å². The summed E-state index contributed by atoms with van der Waals surface area (Å²) in [6, 6.07) is 8.22. The SMILES string of the molecule is CC1CCCC(C=O)(CN2CCCOc3ccccc32)C1. The molecule has 3 nitrogen and oxygen atoms in total. The van der Waals surface area contributed by atoms with Crippen LogP contribution in [0.15, 0.2) is 24.3 Å². The van der Waals surface area contributed by atoms with Crippen LogP contribution in [-0.2, 0) is 4.79 Å². The number of aldehydes is 1. The molecule has 2 atom stereocenters. The molecule has 0 N–H and O–H groups in total. The van der Waals surface area contributed by atoms with Gasteiger partial charge in [-0.05, 0) is 37.3 Å². The van der Waals surface area contributed by atoms with Crippen molar-refractivity contribution in [1.29, 1.82) is 0 Å². The van der Waals surface area contributed by atoms with Gasteiger partial charge in [-0.3, -0.25) is 0 Å². The van der Waals surface area contributed by atoms with Gasteiger partial charge < -0.3 is 14.4 Å². The van der Waals surface area contributed by atoms with Gasteiger partial charge in [-0.2, -0.15) is 0 Å². The van der Waals surface area contributed by atoms with Crippen molar-refractivity contribution in [3.05, 3.63) is 24.3 Å². The van der Waals surface area contributed by atoms with Crippen molar-refractivity contribution in [2.45, 2.75) is 39.0 Å². The Hall–Kier alpha value is -1.51. The molecule has 2 unspecified atom stereocenters. The van der Waals surface area contributed by atoms with Gasteiger partial charge >= 0.3 is 0 Å². The maximum atomic E-state index is 11.8. The molecule has 1 aromatic carbocycles. The van der Waals surface area contributed by atoms with Gasteiger partial charge in [0, 0.05) is 18.5 Å². The Bertz CT molecular complexity index is 502. The topological polar surface area (TPSA) is 29.5 Å². The predicted molar refractivity (Wildman–Crippen MR) is 84.9 cm³/mol. The summed E-state index contributed by atoms with van der Waals surface area (Å²) in [7, 11) is 0. The fourth-order valence-electron chi connectivity index (χ4n) is 3.93. The summed E-state index contributed by atoms with van der Waals surface area (Å²) >= 11 is 0. The lowest BCUT2D eigenvalue weighted by molar-refractivity contribution is -0.118. The molecule has 1 saturated carbocycles. The maximum absolute atomic E-state index is 11.8. The first-order valence-corrected chi connectivity index (χ1v) is 8.16. The molecule has 3 heteroatoms. The van der Waals surface area contributed by atoms with Crippen molar-refractivity contribution in [3.63, 3.8) is 0 Å². The average molecular weight is 287 g/mol. The molecule has 21 heavy (non-hydrogen) atoms. The second kappa shape index (κ2) is 6.08. The fourth-order valence-corrected chi connectivity index (χ4v) is 3.93. The van der Waals surface area contributed by atoms with Crippen molar-refractivity contribution in [2.75, 3.05) is 24.6 Å². The quantitative estimate of drug-likeness (QED) is 0.794. The fraction of sp³-hybridized carbons (Fsp3) is 0.611. The Balaban J connectivity index is 1.84. The summed E-state index contributed by atoms with van der Waals surface area (Å²) in [5.74, 6) is 1.61. The Kier molecular flexibility index (Phi) is 4.18. The number of hydrogen-bond donors (Lipinski definition) is 0. The number of benzene rings is 1. The van der Waals surface area contributed by atoms with E-state index in [1.165, 1.54) is 19.1 Å². The first-order chi connectivity index (χ1) is 10.2. The highest BCUT2D eigenvalue weighted by molar-refractivity contribution is 5.64. The molecular formula is C18H25NO2. The normalized spacial score (nSPS) is 29.2. The van der Waals surface area contributed by atoms with E-state index in [0.29, 0.717) is 5.92 Å². The highest BCUT2D eigenvalue weighted by Gasteiger charge is 2.37. The lowest BCUT2D eigenvalue weighted by Crippen LogP contribution is -2.42. The third-order valence-corrected chi connectivity index (χ3v) is 4.92. The molecular weight excluding hydrogens is 262 g/mol. The molecule has 0 amide bonds. The van der Waals surface area contributed by atoms with E-state index in [4.69, 9.17) is 4.74 Å². The highest BCUT2D eigenvalue weighted by atomic mass is 16.5. The summed E-state index contributed by atoms with van der Waals surface area (Å²) in [5.41, 5.74) is 0.976. The zero-order chi connectivity index (χ0) is 14.7. The van der Waals surface area contributed by atoms with Crippen molar-refractivity contribution in [3.8, 4) is 5.75 Å². The number of fused-ring (bicyclic) bond motifs is 1. The van der Waals surface area contributed by atoms with Crippen LogP contribution in [0.5, 0.6) is 5.75 Å². The molecule has 1 aliphatic heterocycles. The number of nitrogens with zero attached hydrogens (tertiary/aromatic N) is 1. The second-order valence-electron chi connectivity index (χ2n) is 6.77. The van der Waals surface area contributed by atoms with Crippen molar-refractivity contribution < 1.29 is 9.53 Å². The molecule has 1 aromatic rings. The molecule has 1 heterocycles. The molecule has 0 radical (unpaired) electrons. The van der Waals surface area contributed by atoms with Crippen LogP contribution in [0.3, 0.4) is 0 Å². The number of hydrogen-bond acceptors (Lipinski definition) is 3. The van der Waals surface area contributed by atoms with Gasteiger partial charge in [0.15, 0.2) is 0 Å². The number of anilines is 1. The van der Waals surface area contributed by atoms with E-state index < -0.39 is 0 Å². The molecule has 3 rings (SSSR count). The van der Waals surface area contributed by atoms with Crippen molar-refractivity contribution >= 4 is 12.0 Å². The molecule has 1 aliphatic carbocycles. The van der Waals surface area contributed by atoms with E-state index in [1.807, 2.05) is 12.1 Å². The minimum atomic E-state index is -0.172. The van der Waals surface area contributed by atoms with Gasteiger partial charge in [-0.1, -0.05) is 31.9 Å². The minimum absolute atomic E-state index is 0.172. The van der Waals surface area contributed by atoms with Gasteiger partial charge in [0.1, 0.15) is 12.0 Å². The second-order valence-corrected chi connectivity index (χ2v) is 6.77. The van der Waals surface area contributed by atoms with Crippen LogP contribution >= 0.6 is 0 Å². The van der Waals surface area contributed by atoms with E-state index in [-0.39, 0.29) is 5.41 Å². The predicted octanol–water partition coefficient (Wildman–Crippen LogP) is 3.67. The lowest BCUT2D eigenvalue weighted by atomic mass is 9.70. The van der Waals surface area contributed by atoms with E-state index in [2.05, 4.69) is 24.0 Å². The Morgan fingerprint density at radius 2 is 2.24 bits per heavy atom. The smallest absolute Gasteiger partial charge is 0.142 e. The highest BCUT2D eigenvalue weighted by Crippen LogP contribution is 2.41. The van der Waals surface area contributed by atoms with Crippen LogP contribution in [0.1, 0.15) is 39.0 Å². The maximum Gasteiger partial charge on any atom is 0.142 e. The van der Waals surface area contributed by atoms with Crippen LogP contribution in [-0.4, -0.2) is 26.0 Å². The molecule has 0 spiro atoms. The lowest BCUT2D eigenvalue weighted by Gasteiger charge is -2.40. The molecule has 114 valence electrons.